The Morgan fingerprint density at radius 3 is 2.56 bits per heavy atom. The molecule has 1 aliphatic heterocycles. The number of piperidine rings is 1. The van der Waals surface area contributed by atoms with Crippen molar-refractivity contribution in [3.63, 3.8) is 0 Å². The van der Waals surface area contributed by atoms with E-state index in [2.05, 4.69) is 6.07 Å². The number of hydrogen-bond acceptors (Lipinski definition) is 6. The van der Waals surface area contributed by atoms with Crippen molar-refractivity contribution in [1.29, 1.82) is 0 Å². The van der Waals surface area contributed by atoms with Gasteiger partial charge in [-0.05, 0) is 63.4 Å². The molecule has 190 valence electrons. The van der Waals surface area contributed by atoms with Gasteiger partial charge in [0.05, 0.1) is 38.1 Å². The number of ether oxygens (including phenoxy) is 3. The number of aromatic nitrogens is 2. The minimum Gasteiger partial charge on any atom is -0.497 e. The second-order valence-corrected chi connectivity index (χ2v) is 9.03. The van der Waals surface area contributed by atoms with E-state index in [1.165, 1.54) is 0 Å². The first-order valence-electron chi connectivity index (χ1n) is 12.2. The molecule has 1 amide bonds. The highest BCUT2D eigenvalue weighted by Gasteiger charge is 2.32. The van der Waals surface area contributed by atoms with Gasteiger partial charge < -0.3 is 19.1 Å². The lowest BCUT2D eigenvalue weighted by molar-refractivity contribution is -0.149. The number of nitrogens with zero attached hydrogens (tertiary/aromatic N) is 3. The third-order valence-electron chi connectivity index (χ3n) is 6.52. The van der Waals surface area contributed by atoms with Crippen molar-refractivity contribution in [2.75, 3.05) is 33.9 Å². The van der Waals surface area contributed by atoms with Crippen molar-refractivity contribution in [3.8, 4) is 28.4 Å². The van der Waals surface area contributed by atoms with Crippen LogP contribution < -0.4 is 9.47 Å². The van der Waals surface area contributed by atoms with Crippen LogP contribution in [0.3, 0.4) is 0 Å². The lowest BCUT2D eigenvalue weighted by Crippen LogP contribution is -2.43. The zero-order valence-electron chi connectivity index (χ0n) is 21.5. The number of amides is 1. The second kappa shape index (κ2) is 10.8. The molecule has 4 rings (SSSR count). The van der Waals surface area contributed by atoms with E-state index in [9.17, 15) is 9.59 Å². The average Bonchev–Trinajstić information content (AvgIpc) is 3.32. The van der Waals surface area contributed by atoms with Crippen molar-refractivity contribution in [1.82, 2.24) is 14.7 Å². The summed E-state index contributed by atoms with van der Waals surface area (Å²) in [4.78, 5) is 28.0. The molecular weight excluding hydrogens is 458 g/mol. The van der Waals surface area contributed by atoms with Gasteiger partial charge in [0.25, 0.3) is 5.91 Å². The Hall–Kier alpha value is -3.81. The average molecular weight is 492 g/mol. The van der Waals surface area contributed by atoms with E-state index in [1.54, 1.807) is 42.9 Å². The molecular formula is C28H33N3O5. The van der Waals surface area contributed by atoms with E-state index in [1.807, 2.05) is 38.1 Å². The molecule has 8 heteroatoms. The van der Waals surface area contributed by atoms with Gasteiger partial charge in [0, 0.05) is 24.7 Å². The van der Waals surface area contributed by atoms with Crippen LogP contribution in [0.5, 0.6) is 11.5 Å². The molecule has 2 heterocycles. The molecule has 36 heavy (non-hydrogen) atoms. The van der Waals surface area contributed by atoms with Crippen LogP contribution in [0.4, 0.5) is 0 Å². The van der Waals surface area contributed by atoms with E-state index >= 15 is 0 Å². The maximum atomic E-state index is 13.9. The van der Waals surface area contributed by atoms with Gasteiger partial charge in [-0.1, -0.05) is 17.7 Å². The predicted octanol–water partition coefficient (Wildman–Crippen LogP) is 4.59. The highest BCUT2D eigenvalue weighted by molar-refractivity contribution is 5.95. The van der Waals surface area contributed by atoms with E-state index in [4.69, 9.17) is 19.3 Å². The molecule has 0 radical (unpaired) electrons. The molecule has 1 aliphatic rings. The number of hydrogen-bond donors (Lipinski definition) is 0. The standard InChI is InChI=1S/C28H33N3O5/c1-6-36-28(33)20-8-7-13-30(17-20)27(32)25-16-23(22-11-10-21(34-4)15-26(22)35-5)29-31(25)24-12-9-18(2)14-19(24)3/h9-12,14-16,20H,6-8,13,17H2,1-5H3. The molecule has 1 unspecified atom stereocenters. The number of benzene rings is 2. The van der Waals surface area contributed by atoms with E-state index in [-0.39, 0.29) is 17.8 Å². The van der Waals surface area contributed by atoms with Crippen LogP contribution in [0.2, 0.25) is 0 Å². The van der Waals surface area contributed by atoms with E-state index in [0.717, 1.165) is 28.8 Å². The Balaban J connectivity index is 1.78. The number of carbonyl (C=O) groups is 2. The van der Waals surface area contributed by atoms with Crippen molar-refractivity contribution in [2.24, 2.45) is 5.92 Å². The summed E-state index contributed by atoms with van der Waals surface area (Å²) in [7, 11) is 3.19. The minimum absolute atomic E-state index is 0.171. The monoisotopic (exact) mass is 491 g/mol. The van der Waals surface area contributed by atoms with Crippen LogP contribution in [0, 0.1) is 19.8 Å². The highest BCUT2D eigenvalue weighted by atomic mass is 16.5. The van der Waals surface area contributed by atoms with Gasteiger partial charge >= 0.3 is 5.97 Å². The van der Waals surface area contributed by atoms with Crippen LogP contribution in [-0.4, -0.2) is 60.5 Å². The van der Waals surface area contributed by atoms with Gasteiger partial charge in [0.15, 0.2) is 0 Å². The summed E-state index contributed by atoms with van der Waals surface area (Å²) in [6.45, 7) is 7.06. The Morgan fingerprint density at radius 1 is 1.06 bits per heavy atom. The predicted molar refractivity (Wildman–Crippen MR) is 137 cm³/mol. The van der Waals surface area contributed by atoms with E-state index < -0.39 is 0 Å². The van der Waals surface area contributed by atoms with Gasteiger partial charge in [0.2, 0.25) is 0 Å². The molecule has 1 saturated heterocycles. The number of rotatable bonds is 7. The van der Waals surface area contributed by atoms with Crippen LogP contribution in [-0.2, 0) is 9.53 Å². The number of carbonyl (C=O) groups excluding carboxylic acids is 2. The van der Waals surface area contributed by atoms with Gasteiger partial charge in [-0.25, -0.2) is 4.68 Å². The summed E-state index contributed by atoms with van der Waals surface area (Å²) < 4.78 is 17.9. The van der Waals surface area contributed by atoms with Crippen LogP contribution in [0.1, 0.15) is 41.4 Å². The Labute approximate surface area is 211 Å². The largest absolute Gasteiger partial charge is 0.497 e. The summed E-state index contributed by atoms with van der Waals surface area (Å²) >= 11 is 0. The SMILES string of the molecule is CCOC(=O)C1CCCN(C(=O)c2cc(-c3ccc(OC)cc3OC)nn2-c2ccc(C)cc2C)C1. The lowest BCUT2D eigenvalue weighted by Gasteiger charge is -2.31. The third kappa shape index (κ3) is 5.08. The van der Waals surface area contributed by atoms with Gasteiger partial charge in [-0.3, -0.25) is 9.59 Å². The fraction of sp³-hybridized carbons (Fsp3) is 0.393. The molecule has 2 aromatic carbocycles. The second-order valence-electron chi connectivity index (χ2n) is 9.03. The molecule has 0 saturated carbocycles. The van der Waals surface area contributed by atoms with Crippen LogP contribution >= 0.6 is 0 Å². The lowest BCUT2D eigenvalue weighted by atomic mass is 9.98. The maximum Gasteiger partial charge on any atom is 0.310 e. The summed E-state index contributed by atoms with van der Waals surface area (Å²) in [5.41, 5.74) is 4.74. The fourth-order valence-corrected chi connectivity index (χ4v) is 4.68. The first-order chi connectivity index (χ1) is 17.4. The zero-order valence-corrected chi connectivity index (χ0v) is 21.5. The third-order valence-corrected chi connectivity index (χ3v) is 6.52. The van der Waals surface area contributed by atoms with Crippen molar-refractivity contribution in [3.05, 3.63) is 59.3 Å². The number of aryl methyl sites for hydroxylation is 2. The molecule has 0 aliphatic carbocycles. The summed E-state index contributed by atoms with van der Waals surface area (Å²) in [5.74, 6) is 0.524. The first-order valence-corrected chi connectivity index (χ1v) is 12.2. The Morgan fingerprint density at radius 2 is 1.86 bits per heavy atom. The Bertz CT molecular complexity index is 1270. The molecule has 1 aromatic heterocycles. The van der Waals surface area contributed by atoms with Crippen molar-refractivity contribution >= 4 is 11.9 Å². The first kappa shape index (κ1) is 25.3. The summed E-state index contributed by atoms with van der Waals surface area (Å²) in [6.07, 6.45) is 1.46. The molecule has 8 nitrogen and oxygen atoms in total. The smallest absolute Gasteiger partial charge is 0.310 e. The molecule has 1 fully saturated rings. The number of methoxy groups -OCH3 is 2. The normalized spacial score (nSPS) is 15.5. The fourth-order valence-electron chi connectivity index (χ4n) is 4.68. The van der Waals surface area contributed by atoms with Gasteiger partial charge in [-0.2, -0.15) is 5.10 Å². The van der Waals surface area contributed by atoms with Gasteiger partial charge in [-0.15, -0.1) is 0 Å². The summed E-state index contributed by atoms with van der Waals surface area (Å²) in [5, 5.41) is 4.86. The molecule has 1 atom stereocenters. The zero-order chi connectivity index (χ0) is 25.8. The summed E-state index contributed by atoms with van der Waals surface area (Å²) in [6, 6.07) is 13.3. The maximum absolute atomic E-state index is 13.9. The van der Waals surface area contributed by atoms with Crippen molar-refractivity contribution in [2.45, 2.75) is 33.6 Å². The van der Waals surface area contributed by atoms with Gasteiger partial charge in [0.1, 0.15) is 17.2 Å². The minimum atomic E-state index is -0.318. The molecule has 0 spiro atoms. The van der Waals surface area contributed by atoms with Crippen LogP contribution in [0.15, 0.2) is 42.5 Å². The van der Waals surface area contributed by atoms with Crippen molar-refractivity contribution < 1.29 is 23.8 Å². The molecule has 0 N–H and O–H groups in total. The number of likely N-dealkylation sites (tertiary alicyclic amines) is 1. The number of esters is 1. The van der Waals surface area contributed by atoms with Crippen LogP contribution in [0.25, 0.3) is 16.9 Å². The Kier molecular flexibility index (Phi) is 7.62. The quantitative estimate of drug-likeness (QED) is 0.450. The highest BCUT2D eigenvalue weighted by Crippen LogP contribution is 2.34. The topological polar surface area (TPSA) is 82.9 Å². The molecule has 3 aromatic rings. The van der Waals surface area contributed by atoms with E-state index in [0.29, 0.717) is 49.0 Å². The molecule has 0 bridgehead atoms.